The van der Waals surface area contributed by atoms with Gasteiger partial charge in [0.2, 0.25) is 6.86 Å². The molecule has 1 fully saturated rings. The first kappa shape index (κ1) is 15.0. The van der Waals surface area contributed by atoms with Gasteiger partial charge < -0.3 is 15.4 Å². The second-order valence-electron chi connectivity index (χ2n) is 4.84. The molecule has 1 saturated heterocycles. The summed E-state index contributed by atoms with van der Waals surface area (Å²) >= 11 is 0. The normalized spacial score (nSPS) is 16.4. The van der Waals surface area contributed by atoms with Crippen molar-refractivity contribution in [1.82, 2.24) is 4.90 Å². The molecule has 1 aliphatic rings. The van der Waals surface area contributed by atoms with E-state index >= 15 is 0 Å². The van der Waals surface area contributed by atoms with Crippen molar-refractivity contribution in [2.24, 2.45) is 5.73 Å². The molecule has 6 heteroatoms. The van der Waals surface area contributed by atoms with Crippen molar-refractivity contribution >= 4 is 5.69 Å². The van der Waals surface area contributed by atoms with Crippen LogP contribution in [0, 0.1) is 5.82 Å². The van der Waals surface area contributed by atoms with Gasteiger partial charge in [-0.15, -0.1) is 0 Å². The third kappa shape index (κ3) is 3.80. The van der Waals surface area contributed by atoms with Crippen LogP contribution in [0.25, 0.3) is 0 Å². The number of anilines is 1. The van der Waals surface area contributed by atoms with E-state index in [9.17, 15) is 8.78 Å². The summed E-state index contributed by atoms with van der Waals surface area (Å²) in [5.41, 5.74) is 6.26. The molecule has 0 aliphatic carbocycles. The van der Waals surface area contributed by atoms with Crippen LogP contribution in [0.5, 0.6) is 5.75 Å². The zero-order valence-electron chi connectivity index (χ0n) is 11.5. The van der Waals surface area contributed by atoms with Gasteiger partial charge in [-0.2, -0.15) is 0 Å². The average Bonchev–Trinajstić information content (AvgIpc) is 2.46. The van der Waals surface area contributed by atoms with E-state index in [-0.39, 0.29) is 5.75 Å². The van der Waals surface area contributed by atoms with Crippen LogP contribution in [0.3, 0.4) is 0 Å². The molecule has 0 radical (unpaired) electrons. The minimum atomic E-state index is -0.951. The molecule has 0 saturated carbocycles. The fourth-order valence-corrected chi connectivity index (χ4v) is 2.45. The maximum Gasteiger partial charge on any atom is 0.228 e. The summed E-state index contributed by atoms with van der Waals surface area (Å²) < 4.78 is 30.5. The summed E-state index contributed by atoms with van der Waals surface area (Å²) in [6.07, 6.45) is 0.993. The minimum Gasteiger partial charge on any atom is -0.461 e. The third-order valence-electron chi connectivity index (χ3n) is 3.52. The molecule has 2 N–H and O–H groups in total. The first-order chi connectivity index (χ1) is 9.74. The Kier molecular flexibility index (Phi) is 5.55. The van der Waals surface area contributed by atoms with Gasteiger partial charge in [0.1, 0.15) is 11.6 Å². The van der Waals surface area contributed by atoms with Crippen molar-refractivity contribution in [2.45, 2.75) is 6.42 Å². The van der Waals surface area contributed by atoms with Crippen LogP contribution in [0.4, 0.5) is 14.5 Å². The number of hydrogen-bond donors (Lipinski definition) is 1. The van der Waals surface area contributed by atoms with Crippen molar-refractivity contribution in [1.29, 1.82) is 0 Å². The molecule has 2 rings (SSSR count). The van der Waals surface area contributed by atoms with E-state index in [1.165, 1.54) is 12.1 Å². The maximum absolute atomic E-state index is 13.2. The molecule has 1 aromatic carbocycles. The van der Waals surface area contributed by atoms with Crippen molar-refractivity contribution in [3.63, 3.8) is 0 Å². The SMILES string of the molecule is NCCCN1CCN(c2ccc(F)cc2OCF)CC1. The largest absolute Gasteiger partial charge is 0.461 e. The number of piperazine rings is 1. The number of halogens is 2. The predicted molar refractivity (Wildman–Crippen MR) is 75.3 cm³/mol. The topological polar surface area (TPSA) is 41.7 Å². The van der Waals surface area contributed by atoms with Crippen molar-refractivity contribution in [3.8, 4) is 5.75 Å². The number of nitrogens with zero attached hydrogens (tertiary/aromatic N) is 2. The first-order valence-electron chi connectivity index (χ1n) is 6.90. The zero-order valence-corrected chi connectivity index (χ0v) is 11.5. The maximum atomic E-state index is 13.2. The molecule has 1 aromatic rings. The summed E-state index contributed by atoms with van der Waals surface area (Å²) in [5.74, 6) is -0.151. The molecular formula is C14H21F2N3O. The van der Waals surface area contributed by atoms with Gasteiger partial charge in [0, 0.05) is 32.2 Å². The van der Waals surface area contributed by atoms with Crippen LogP contribution >= 0.6 is 0 Å². The molecular weight excluding hydrogens is 264 g/mol. The predicted octanol–water partition coefficient (Wildman–Crippen LogP) is 1.60. The van der Waals surface area contributed by atoms with Crippen LogP contribution in [-0.2, 0) is 0 Å². The van der Waals surface area contributed by atoms with Crippen LogP contribution < -0.4 is 15.4 Å². The Morgan fingerprint density at radius 1 is 1.20 bits per heavy atom. The average molecular weight is 285 g/mol. The highest BCUT2D eigenvalue weighted by molar-refractivity contribution is 5.59. The summed E-state index contributed by atoms with van der Waals surface area (Å²) in [4.78, 5) is 4.45. The van der Waals surface area contributed by atoms with Gasteiger partial charge in [0.25, 0.3) is 0 Å². The number of alkyl halides is 1. The van der Waals surface area contributed by atoms with E-state index < -0.39 is 12.7 Å². The Bertz CT molecular complexity index is 423. The lowest BCUT2D eigenvalue weighted by Gasteiger charge is -2.36. The molecule has 0 bridgehead atoms. The lowest BCUT2D eigenvalue weighted by molar-refractivity contribution is 0.190. The van der Waals surface area contributed by atoms with E-state index in [0.717, 1.165) is 44.8 Å². The fraction of sp³-hybridized carbons (Fsp3) is 0.571. The highest BCUT2D eigenvalue weighted by Gasteiger charge is 2.19. The third-order valence-corrected chi connectivity index (χ3v) is 3.52. The van der Waals surface area contributed by atoms with E-state index in [1.54, 1.807) is 6.07 Å². The van der Waals surface area contributed by atoms with E-state index in [1.807, 2.05) is 0 Å². The Morgan fingerprint density at radius 3 is 2.60 bits per heavy atom. The van der Waals surface area contributed by atoms with Gasteiger partial charge in [0.15, 0.2) is 0 Å². The highest BCUT2D eigenvalue weighted by Crippen LogP contribution is 2.30. The smallest absolute Gasteiger partial charge is 0.228 e. The quantitative estimate of drug-likeness (QED) is 0.862. The molecule has 1 heterocycles. The van der Waals surface area contributed by atoms with E-state index in [0.29, 0.717) is 6.54 Å². The Hall–Kier alpha value is -1.40. The van der Waals surface area contributed by atoms with Crippen LogP contribution in [0.15, 0.2) is 18.2 Å². The van der Waals surface area contributed by atoms with Gasteiger partial charge >= 0.3 is 0 Å². The number of hydrogen-bond acceptors (Lipinski definition) is 4. The second kappa shape index (κ2) is 7.40. The molecule has 0 unspecified atom stereocenters. The van der Waals surface area contributed by atoms with E-state index in [2.05, 4.69) is 9.80 Å². The van der Waals surface area contributed by atoms with Crippen LogP contribution in [0.2, 0.25) is 0 Å². The van der Waals surface area contributed by atoms with Crippen molar-refractivity contribution in [3.05, 3.63) is 24.0 Å². The molecule has 0 amide bonds. The second-order valence-corrected chi connectivity index (χ2v) is 4.84. The number of benzene rings is 1. The van der Waals surface area contributed by atoms with Gasteiger partial charge in [-0.1, -0.05) is 0 Å². The minimum absolute atomic E-state index is 0.267. The van der Waals surface area contributed by atoms with E-state index in [4.69, 9.17) is 10.5 Å². The summed E-state index contributed by atoms with van der Waals surface area (Å²) in [7, 11) is 0. The zero-order chi connectivity index (χ0) is 14.4. The molecule has 0 aromatic heterocycles. The molecule has 20 heavy (non-hydrogen) atoms. The number of nitrogens with two attached hydrogens (primary N) is 1. The molecule has 0 atom stereocenters. The Morgan fingerprint density at radius 2 is 1.95 bits per heavy atom. The molecule has 0 spiro atoms. The lowest BCUT2D eigenvalue weighted by atomic mass is 10.2. The van der Waals surface area contributed by atoms with Gasteiger partial charge in [-0.05, 0) is 31.6 Å². The monoisotopic (exact) mass is 285 g/mol. The van der Waals surface area contributed by atoms with Crippen LogP contribution in [-0.4, -0.2) is 51.0 Å². The van der Waals surface area contributed by atoms with Gasteiger partial charge in [-0.25, -0.2) is 8.78 Å². The van der Waals surface area contributed by atoms with Gasteiger partial charge in [-0.3, -0.25) is 4.90 Å². The summed E-state index contributed by atoms with van der Waals surface area (Å²) in [6, 6.07) is 4.26. The fourth-order valence-electron chi connectivity index (χ4n) is 2.45. The lowest BCUT2D eigenvalue weighted by Crippen LogP contribution is -2.47. The van der Waals surface area contributed by atoms with Gasteiger partial charge in [0.05, 0.1) is 5.69 Å². The Balaban J connectivity index is 1.99. The summed E-state index contributed by atoms with van der Waals surface area (Å²) in [6.45, 7) is 4.23. The molecule has 4 nitrogen and oxygen atoms in total. The van der Waals surface area contributed by atoms with Crippen molar-refractivity contribution in [2.75, 3.05) is 51.0 Å². The van der Waals surface area contributed by atoms with Crippen molar-refractivity contribution < 1.29 is 13.5 Å². The first-order valence-corrected chi connectivity index (χ1v) is 6.90. The molecule has 1 aliphatic heterocycles. The molecule has 112 valence electrons. The number of rotatable bonds is 6. The Labute approximate surface area is 118 Å². The number of ether oxygens (including phenoxy) is 1. The summed E-state index contributed by atoms with van der Waals surface area (Å²) in [5, 5.41) is 0. The van der Waals surface area contributed by atoms with Crippen LogP contribution in [0.1, 0.15) is 6.42 Å². The highest BCUT2D eigenvalue weighted by atomic mass is 19.1. The standard InChI is InChI=1S/C14H21F2N3O/c15-11-20-14-10-12(16)2-3-13(14)19-8-6-18(7-9-19)5-1-4-17/h2-3,10H,1,4-9,11,17H2.